The maximum Gasteiger partial charge on any atom is 0.413 e. The molecular formula is C30H37F2N5O5. The van der Waals surface area contributed by atoms with Crippen molar-refractivity contribution in [2.24, 2.45) is 5.92 Å². The van der Waals surface area contributed by atoms with E-state index in [4.69, 9.17) is 4.74 Å². The first-order valence-corrected chi connectivity index (χ1v) is 14.0. The number of pyridine rings is 1. The molecule has 1 saturated heterocycles. The lowest BCUT2D eigenvalue weighted by molar-refractivity contribution is -0.152. The summed E-state index contributed by atoms with van der Waals surface area (Å²) in [6, 6.07) is 3.65. The predicted octanol–water partition coefficient (Wildman–Crippen LogP) is 4.98. The Morgan fingerprint density at radius 2 is 1.69 bits per heavy atom. The molecule has 4 rings (SSSR count). The molecule has 4 amide bonds. The van der Waals surface area contributed by atoms with Crippen LogP contribution >= 0.6 is 0 Å². The van der Waals surface area contributed by atoms with Gasteiger partial charge in [-0.3, -0.25) is 19.7 Å². The molecule has 2 aromatic rings. The molecule has 2 heterocycles. The zero-order valence-corrected chi connectivity index (χ0v) is 24.7. The zero-order chi connectivity index (χ0) is 30.9. The quantitative estimate of drug-likeness (QED) is 0.478. The molecule has 42 heavy (non-hydrogen) atoms. The van der Waals surface area contributed by atoms with Crippen LogP contribution in [0.4, 0.5) is 25.1 Å². The zero-order valence-electron chi connectivity index (χ0n) is 24.7. The lowest BCUT2D eigenvalue weighted by Gasteiger charge is -2.45. The Kier molecular flexibility index (Phi) is 8.84. The topological polar surface area (TPSA) is 121 Å². The molecule has 10 nitrogen and oxygen atoms in total. The lowest BCUT2D eigenvalue weighted by atomic mass is 9.97. The van der Waals surface area contributed by atoms with E-state index in [9.17, 15) is 28.0 Å². The fourth-order valence-corrected chi connectivity index (χ4v) is 4.92. The predicted molar refractivity (Wildman–Crippen MR) is 152 cm³/mol. The van der Waals surface area contributed by atoms with Crippen LogP contribution in [-0.2, 0) is 19.1 Å². The number of nitrogens with zero attached hydrogens (tertiary/aromatic N) is 3. The van der Waals surface area contributed by atoms with Gasteiger partial charge in [0.05, 0.1) is 17.9 Å². The molecule has 2 atom stereocenters. The standard InChI is InChI=1S/C30H37F2N5O5/c1-16(2)27(39)36-15-24(19-9-10-22(31)23(32)11-19)37(14-17(36)3)28(40)26(38)34-20-12-21(18-7-8-18)25(33-13-20)35-29(41)42-30(4,5)6/h9-13,16-18,24H,7-8,14-15H2,1-6H3,(H,34,38)(H,33,35,41)/t17-,24-/m1/s1. The highest BCUT2D eigenvalue weighted by molar-refractivity contribution is 6.39. The van der Waals surface area contributed by atoms with Gasteiger partial charge < -0.3 is 19.9 Å². The number of piperazine rings is 1. The number of hydrogen-bond acceptors (Lipinski definition) is 6. The highest BCUT2D eigenvalue weighted by Crippen LogP contribution is 2.43. The van der Waals surface area contributed by atoms with E-state index >= 15 is 0 Å². The van der Waals surface area contributed by atoms with Gasteiger partial charge in [0.25, 0.3) is 0 Å². The SMILES string of the molecule is CC(C)C(=O)N1C[C@H](c2ccc(F)c(F)c2)N(C(=O)C(=O)Nc2cnc(NC(=O)OC(C)(C)C)c(C3CC3)c2)C[C@H]1C. The summed E-state index contributed by atoms with van der Waals surface area (Å²) in [6.45, 7) is 10.5. The van der Waals surface area contributed by atoms with Crippen LogP contribution < -0.4 is 10.6 Å². The number of hydrogen-bond donors (Lipinski definition) is 2. The van der Waals surface area contributed by atoms with Crippen molar-refractivity contribution in [2.45, 2.75) is 78.0 Å². The van der Waals surface area contributed by atoms with Crippen molar-refractivity contribution in [1.82, 2.24) is 14.8 Å². The molecule has 2 N–H and O–H groups in total. The highest BCUT2D eigenvalue weighted by atomic mass is 19.2. The van der Waals surface area contributed by atoms with Crippen molar-refractivity contribution in [3.8, 4) is 0 Å². The fraction of sp³-hybridized carbons (Fsp3) is 0.500. The number of anilines is 2. The number of aromatic nitrogens is 1. The van der Waals surface area contributed by atoms with E-state index in [1.165, 1.54) is 17.2 Å². The summed E-state index contributed by atoms with van der Waals surface area (Å²) in [5.41, 5.74) is 0.538. The number of carbonyl (C=O) groups excluding carboxylic acids is 4. The molecular weight excluding hydrogens is 548 g/mol. The van der Waals surface area contributed by atoms with Crippen molar-refractivity contribution in [3.63, 3.8) is 0 Å². The Labute approximate surface area is 243 Å². The summed E-state index contributed by atoms with van der Waals surface area (Å²) in [5.74, 6) is -3.99. The van der Waals surface area contributed by atoms with Gasteiger partial charge in [0.1, 0.15) is 11.4 Å². The molecule has 1 saturated carbocycles. The van der Waals surface area contributed by atoms with Crippen molar-refractivity contribution in [1.29, 1.82) is 0 Å². The number of nitrogens with one attached hydrogen (secondary N) is 2. The first kappa shape index (κ1) is 30.9. The third-order valence-electron chi connectivity index (χ3n) is 7.11. The Bertz CT molecular complexity index is 1390. The van der Waals surface area contributed by atoms with Crippen LogP contribution in [-0.4, -0.2) is 63.3 Å². The summed E-state index contributed by atoms with van der Waals surface area (Å²) < 4.78 is 33.2. The van der Waals surface area contributed by atoms with Gasteiger partial charge in [-0.25, -0.2) is 18.6 Å². The van der Waals surface area contributed by atoms with Gasteiger partial charge in [-0.1, -0.05) is 19.9 Å². The van der Waals surface area contributed by atoms with Gasteiger partial charge in [-0.15, -0.1) is 0 Å². The minimum atomic E-state index is -1.09. The number of amides is 4. The van der Waals surface area contributed by atoms with Gasteiger partial charge in [-0.2, -0.15) is 0 Å². The Morgan fingerprint density at radius 3 is 2.29 bits per heavy atom. The van der Waals surface area contributed by atoms with E-state index in [1.807, 2.05) is 0 Å². The summed E-state index contributed by atoms with van der Waals surface area (Å²) in [4.78, 5) is 59.1. The highest BCUT2D eigenvalue weighted by Gasteiger charge is 2.40. The van der Waals surface area contributed by atoms with Crippen LogP contribution in [0.15, 0.2) is 30.5 Å². The number of carbonyl (C=O) groups is 4. The molecule has 1 aromatic carbocycles. The maximum absolute atomic E-state index is 14.2. The minimum absolute atomic E-state index is 0.0126. The van der Waals surface area contributed by atoms with Gasteiger partial charge in [0.15, 0.2) is 11.6 Å². The summed E-state index contributed by atoms with van der Waals surface area (Å²) in [7, 11) is 0. The second-order valence-electron chi connectivity index (χ2n) is 12.2. The van der Waals surface area contributed by atoms with E-state index in [2.05, 4.69) is 15.6 Å². The first-order valence-electron chi connectivity index (χ1n) is 14.0. The lowest BCUT2D eigenvalue weighted by Crippen LogP contribution is -2.59. The molecule has 0 bridgehead atoms. The number of halogens is 2. The van der Waals surface area contributed by atoms with Crippen LogP contribution in [0.25, 0.3) is 0 Å². The van der Waals surface area contributed by atoms with Crippen molar-refractivity contribution in [2.75, 3.05) is 23.7 Å². The normalized spacial score (nSPS) is 19.0. The fourth-order valence-electron chi connectivity index (χ4n) is 4.92. The first-order chi connectivity index (χ1) is 19.6. The van der Waals surface area contributed by atoms with E-state index in [0.29, 0.717) is 11.4 Å². The summed E-state index contributed by atoms with van der Waals surface area (Å²) in [5, 5.41) is 5.24. The average molecular weight is 586 g/mol. The molecule has 226 valence electrons. The van der Waals surface area contributed by atoms with Gasteiger partial charge in [0.2, 0.25) is 5.91 Å². The molecule has 0 spiro atoms. The van der Waals surface area contributed by atoms with Crippen molar-refractivity contribution >= 4 is 35.3 Å². The Hall–Kier alpha value is -4.09. The van der Waals surface area contributed by atoms with Gasteiger partial charge in [-0.05, 0) is 70.2 Å². The molecule has 0 radical (unpaired) electrons. The summed E-state index contributed by atoms with van der Waals surface area (Å²) in [6.07, 6.45) is 2.44. The Morgan fingerprint density at radius 1 is 1.00 bits per heavy atom. The number of rotatable bonds is 5. The third kappa shape index (κ3) is 7.21. The monoisotopic (exact) mass is 585 g/mol. The van der Waals surface area contributed by atoms with E-state index in [0.717, 1.165) is 25.0 Å². The van der Waals surface area contributed by atoms with Crippen LogP contribution in [0.3, 0.4) is 0 Å². The molecule has 12 heteroatoms. The average Bonchev–Trinajstić information content (AvgIpc) is 3.74. The second kappa shape index (κ2) is 12.0. The minimum Gasteiger partial charge on any atom is -0.444 e. The number of ether oxygens (including phenoxy) is 1. The van der Waals surface area contributed by atoms with E-state index in [-0.39, 0.29) is 42.1 Å². The van der Waals surface area contributed by atoms with E-state index < -0.39 is 47.2 Å². The Balaban J connectivity index is 1.55. The van der Waals surface area contributed by atoms with E-state index in [1.54, 1.807) is 52.5 Å². The van der Waals surface area contributed by atoms with Gasteiger partial charge in [0, 0.05) is 30.6 Å². The van der Waals surface area contributed by atoms with Crippen LogP contribution in [0.5, 0.6) is 0 Å². The van der Waals surface area contributed by atoms with Gasteiger partial charge >= 0.3 is 17.9 Å². The van der Waals surface area contributed by atoms with Crippen molar-refractivity contribution in [3.05, 3.63) is 53.2 Å². The number of benzene rings is 1. The second-order valence-corrected chi connectivity index (χ2v) is 12.2. The molecule has 1 aromatic heterocycles. The molecule has 0 unspecified atom stereocenters. The molecule has 1 aliphatic carbocycles. The summed E-state index contributed by atoms with van der Waals surface area (Å²) >= 11 is 0. The van der Waals surface area contributed by atoms with Crippen LogP contribution in [0.1, 0.15) is 77.5 Å². The van der Waals surface area contributed by atoms with Crippen LogP contribution in [0, 0.1) is 17.6 Å². The molecule has 2 aliphatic rings. The molecule has 1 aliphatic heterocycles. The smallest absolute Gasteiger partial charge is 0.413 e. The molecule has 2 fully saturated rings. The maximum atomic E-state index is 14.2. The van der Waals surface area contributed by atoms with Crippen molar-refractivity contribution < 1.29 is 32.7 Å². The van der Waals surface area contributed by atoms with Crippen LogP contribution in [0.2, 0.25) is 0 Å². The third-order valence-corrected chi connectivity index (χ3v) is 7.11. The largest absolute Gasteiger partial charge is 0.444 e.